The number of imidazole rings is 1. The zero-order chi connectivity index (χ0) is 28.1. The Morgan fingerprint density at radius 3 is 2.49 bits per heavy atom. The highest BCUT2D eigenvalue weighted by atomic mass is 19.4. The number of anilines is 2. The van der Waals surface area contributed by atoms with Gasteiger partial charge in [0.15, 0.2) is 17.0 Å². The molecule has 0 aromatic carbocycles. The van der Waals surface area contributed by atoms with Crippen LogP contribution < -0.4 is 21.5 Å². The first-order chi connectivity index (χ1) is 18.5. The Hall–Kier alpha value is -4.63. The van der Waals surface area contributed by atoms with Gasteiger partial charge in [0.25, 0.3) is 5.56 Å². The Labute approximate surface area is 218 Å². The predicted octanol–water partition coefficient (Wildman–Crippen LogP) is 1.41. The van der Waals surface area contributed by atoms with Crippen LogP contribution in [0.15, 0.2) is 40.7 Å². The lowest BCUT2D eigenvalue weighted by molar-refractivity contribution is -0.146. The molecule has 1 N–H and O–H groups in total. The van der Waals surface area contributed by atoms with Crippen molar-refractivity contribution in [2.24, 2.45) is 14.1 Å². The van der Waals surface area contributed by atoms with Crippen LogP contribution in [0.4, 0.5) is 24.9 Å². The first kappa shape index (κ1) is 26.0. The van der Waals surface area contributed by atoms with Crippen LogP contribution >= 0.6 is 0 Å². The molecule has 4 aromatic rings. The van der Waals surface area contributed by atoms with Gasteiger partial charge in [0.05, 0.1) is 24.4 Å². The van der Waals surface area contributed by atoms with Crippen molar-refractivity contribution in [3.8, 4) is 11.3 Å². The van der Waals surface area contributed by atoms with Crippen LogP contribution in [-0.4, -0.2) is 63.3 Å². The minimum Gasteiger partial charge on any atom is -0.329 e. The van der Waals surface area contributed by atoms with E-state index in [0.29, 0.717) is 12.0 Å². The van der Waals surface area contributed by atoms with Gasteiger partial charge in [-0.15, -0.1) is 0 Å². The molecule has 5 heterocycles. The molecule has 0 bridgehead atoms. The molecule has 0 spiro atoms. The summed E-state index contributed by atoms with van der Waals surface area (Å²) in [5, 5.41) is 2.63. The van der Waals surface area contributed by atoms with E-state index in [1.165, 1.54) is 54.3 Å². The molecular formula is C23H23F3N10O3. The van der Waals surface area contributed by atoms with Crippen molar-refractivity contribution in [2.45, 2.75) is 38.0 Å². The predicted molar refractivity (Wildman–Crippen MR) is 133 cm³/mol. The van der Waals surface area contributed by atoms with Crippen LogP contribution in [0, 0.1) is 0 Å². The van der Waals surface area contributed by atoms with E-state index < -0.39 is 35.4 Å². The van der Waals surface area contributed by atoms with E-state index in [0.717, 1.165) is 9.47 Å². The van der Waals surface area contributed by atoms with E-state index in [-0.39, 0.29) is 41.6 Å². The molecule has 1 amide bonds. The maximum atomic E-state index is 13.3. The number of rotatable bonds is 5. The van der Waals surface area contributed by atoms with Crippen LogP contribution in [0.25, 0.3) is 22.4 Å². The van der Waals surface area contributed by atoms with Crippen molar-refractivity contribution in [1.82, 2.24) is 38.6 Å². The molecule has 2 atom stereocenters. The fourth-order valence-corrected chi connectivity index (χ4v) is 4.53. The van der Waals surface area contributed by atoms with E-state index in [4.69, 9.17) is 0 Å². The number of carbonyl (C=O) groups is 1. The number of hydrogen-bond acceptors (Lipinski definition) is 9. The first-order valence-corrected chi connectivity index (χ1v) is 11.9. The highest BCUT2D eigenvalue weighted by Gasteiger charge is 2.46. The topological polar surface area (TPSA) is 146 Å². The minimum atomic E-state index is -4.37. The summed E-state index contributed by atoms with van der Waals surface area (Å²) >= 11 is 0. The third kappa shape index (κ3) is 4.61. The molecule has 204 valence electrons. The van der Waals surface area contributed by atoms with Gasteiger partial charge in [0.1, 0.15) is 12.1 Å². The number of amides is 1. The molecule has 4 aromatic heterocycles. The van der Waals surface area contributed by atoms with Crippen LogP contribution in [0.2, 0.25) is 0 Å². The van der Waals surface area contributed by atoms with Gasteiger partial charge in [-0.1, -0.05) is 0 Å². The minimum absolute atomic E-state index is 0.0121. The molecule has 1 saturated heterocycles. The largest absolute Gasteiger partial charge is 0.408 e. The molecule has 0 radical (unpaired) electrons. The number of aryl methyl sites for hydroxylation is 1. The molecule has 1 aliphatic heterocycles. The Balaban J connectivity index is 1.35. The number of nitrogens with one attached hydrogen (secondary N) is 1. The van der Waals surface area contributed by atoms with Crippen LogP contribution in [-0.2, 0) is 18.9 Å². The fourth-order valence-electron chi connectivity index (χ4n) is 4.53. The fraction of sp³-hybridized carbons (Fsp3) is 0.391. The van der Waals surface area contributed by atoms with Gasteiger partial charge in [0, 0.05) is 38.6 Å². The molecule has 2 unspecified atom stereocenters. The zero-order valence-corrected chi connectivity index (χ0v) is 21.0. The highest BCUT2D eigenvalue weighted by molar-refractivity contribution is 5.93. The number of aromatic nitrogens is 8. The van der Waals surface area contributed by atoms with Crippen molar-refractivity contribution < 1.29 is 18.0 Å². The summed E-state index contributed by atoms with van der Waals surface area (Å²) in [6, 6.07) is -2.53. The molecule has 1 fully saturated rings. The normalized spacial score (nSPS) is 16.6. The van der Waals surface area contributed by atoms with E-state index in [2.05, 4.69) is 30.2 Å². The van der Waals surface area contributed by atoms with Gasteiger partial charge in [-0.3, -0.25) is 23.7 Å². The molecule has 39 heavy (non-hydrogen) atoms. The maximum Gasteiger partial charge on any atom is 0.408 e. The number of nitrogens with zero attached hydrogens (tertiary/aromatic N) is 9. The number of hydrogen-bond donors (Lipinski definition) is 1. The summed E-state index contributed by atoms with van der Waals surface area (Å²) in [5.74, 6) is -0.466. The van der Waals surface area contributed by atoms with Crippen LogP contribution in [0.3, 0.4) is 0 Å². The third-order valence-electron chi connectivity index (χ3n) is 6.68. The van der Waals surface area contributed by atoms with E-state index in [1.54, 1.807) is 6.92 Å². The van der Waals surface area contributed by atoms with Crippen molar-refractivity contribution in [1.29, 1.82) is 0 Å². The average Bonchev–Trinajstić information content (AvgIpc) is 3.59. The van der Waals surface area contributed by atoms with E-state index in [9.17, 15) is 27.6 Å². The second-order valence-electron chi connectivity index (χ2n) is 9.15. The van der Waals surface area contributed by atoms with Gasteiger partial charge in [-0.2, -0.15) is 13.2 Å². The van der Waals surface area contributed by atoms with E-state index in [1.807, 2.05) is 0 Å². The molecule has 1 aliphatic rings. The van der Waals surface area contributed by atoms with Gasteiger partial charge >= 0.3 is 11.9 Å². The molecule has 16 heteroatoms. The second kappa shape index (κ2) is 9.59. The molecular weight excluding hydrogens is 521 g/mol. The SMILES string of the molecule is CC(C(=O)Nc1cncc(-c2cnc(N3CCCC3C(F)(F)F)nc2)n1)n1cnc2c1c(=O)n(C)c(=O)n2C. The first-order valence-electron chi connectivity index (χ1n) is 11.9. The monoisotopic (exact) mass is 544 g/mol. The Bertz CT molecular complexity index is 1680. The number of fused-ring (bicyclic) bond motifs is 1. The number of carbonyl (C=O) groups excluding carboxylic acids is 1. The summed E-state index contributed by atoms with van der Waals surface area (Å²) < 4.78 is 43.4. The van der Waals surface area contributed by atoms with Gasteiger partial charge in [-0.25, -0.2) is 24.7 Å². The lowest BCUT2D eigenvalue weighted by atomic mass is 10.2. The number of alkyl halides is 3. The van der Waals surface area contributed by atoms with Crippen molar-refractivity contribution in [2.75, 3.05) is 16.8 Å². The summed E-state index contributed by atoms with van der Waals surface area (Å²) in [6.45, 7) is 1.76. The lowest BCUT2D eigenvalue weighted by Gasteiger charge is -2.26. The second-order valence-corrected chi connectivity index (χ2v) is 9.15. The molecule has 5 rings (SSSR count). The quantitative estimate of drug-likeness (QED) is 0.394. The smallest absolute Gasteiger partial charge is 0.329 e. The average molecular weight is 544 g/mol. The summed E-state index contributed by atoms with van der Waals surface area (Å²) in [7, 11) is 2.81. The van der Waals surface area contributed by atoms with Gasteiger partial charge in [0.2, 0.25) is 11.9 Å². The van der Waals surface area contributed by atoms with Crippen molar-refractivity contribution >= 4 is 28.8 Å². The van der Waals surface area contributed by atoms with E-state index >= 15 is 0 Å². The highest BCUT2D eigenvalue weighted by Crippen LogP contribution is 2.34. The van der Waals surface area contributed by atoms with Crippen LogP contribution in [0.5, 0.6) is 0 Å². The molecule has 0 aliphatic carbocycles. The third-order valence-corrected chi connectivity index (χ3v) is 6.68. The standard InChI is InChI=1S/C23H23F3N10O3/c1-12(36-11-30-18-17(36)20(38)34(3)22(39)33(18)2)19(37)32-16-10-27-9-14(31-16)13-7-28-21(29-8-13)35-6-4-5-15(35)23(24,25)26/h7-12,15H,4-6H2,1-3H3,(H,31,32,37). The number of halogens is 3. The maximum absolute atomic E-state index is 13.3. The zero-order valence-electron chi connectivity index (χ0n) is 21.0. The Morgan fingerprint density at radius 1 is 1.08 bits per heavy atom. The summed E-state index contributed by atoms with van der Waals surface area (Å²) in [5.41, 5.74) is -0.222. The van der Waals surface area contributed by atoms with Gasteiger partial charge in [-0.05, 0) is 19.8 Å². The van der Waals surface area contributed by atoms with Crippen molar-refractivity contribution in [3.63, 3.8) is 0 Å². The van der Waals surface area contributed by atoms with Crippen LogP contribution in [0.1, 0.15) is 25.8 Å². The molecule has 0 saturated carbocycles. The Kier molecular flexibility index (Phi) is 6.40. The van der Waals surface area contributed by atoms with Crippen molar-refractivity contribution in [3.05, 3.63) is 52.0 Å². The Morgan fingerprint density at radius 2 is 1.79 bits per heavy atom. The summed E-state index contributed by atoms with van der Waals surface area (Å²) in [6.07, 6.45) is 2.73. The van der Waals surface area contributed by atoms with Gasteiger partial charge < -0.3 is 14.8 Å². The summed E-state index contributed by atoms with van der Waals surface area (Å²) in [4.78, 5) is 59.8. The molecule has 13 nitrogen and oxygen atoms in total. The lowest BCUT2D eigenvalue weighted by Crippen LogP contribution is -2.42.